The number of amides is 2. The van der Waals surface area contributed by atoms with E-state index in [2.05, 4.69) is 5.32 Å². The molecule has 1 saturated carbocycles. The van der Waals surface area contributed by atoms with Gasteiger partial charge in [0.2, 0.25) is 5.91 Å². The number of aryl methyl sites for hydroxylation is 2. The Morgan fingerprint density at radius 2 is 1.92 bits per heavy atom. The zero-order valence-corrected chi connectivity index (χ0v) is 14.8. The number of benzene rings is 1. The molecule has 1 aromatic rings. The predicted molar refractivity (Wildman–Crippen MR) is 91.2 cm³/mol. The molecule has 2 amide bonds. The second-order valence-corrected chi connectivity index (χ2v) is 6.31. The van der Waals surface area contributed by atoms with E-state index in [1.807, 2.05) is 32.0 Å². The Morgan fingerprint density at radius 1 is 1.20 bits per heavy atom. The molecule has 7 heteroatoms. The molecule has 1 N–H and O–H groups in total. The summed E-state index contributed by atoms with van der Waals surface area (Å²) in [5.74, 6) is -0.670. The largest absolute Gasteiger partial charge is 0.482 e. The first kappa shape index (κ1) is 18.8. The number of carbonyl (C=O) groups is 3. The van der Waals surface area contributed by atoms with Crippen molar-refractivity contribution in [3.05, 3.63) is 29.3 Å². The van der Waals surface area contributed by atoms with E-state index in [-0.39, 0.29) is 25.1 Å². The molecular formula is C18H24N2O5. The molecule has 0 aromatic heterocycles. The first-order valence-corrected chi connectivity index (χ1v) is 8.24. The van der Waals surface area contributed by atoms with Gasteiger partial charge >= 0.3 is 5.97 Å². The summed E-state index contributed by atoms with van der Waals surface area (Å²) in [6.07, 6.45) is 1.98. The average Bonchev–Trinajstić information content (AvgIpc) is 3.37. The van der Waals surface area contributed by atoms with Crippen molar-refractivity contribution < 1.29 is 23.9 Å². The van der Waals surface area contributed by atoms with Crippen LogP contribution in [0.15, 0.2) is 18.2 Å². The number of nitrogens with one attached hydrogen (secondary N) is 1. The molecule has 0 radical (unpaired) electrons. The van der Waals surface area contributed by atoms with Gasteiger partial charge in [0.1, 0.15) is 5.75 Å². The third-order valence-corrected chi connectivity index (χ3v) is 3.79. The molecule has 1 fully saturated rings. The van der Waals surface area contributed by atoms with Crippen molar-refractivity contribution in [3.8, 4) is 5.75 Å². The van der Waals surface area contributed by atoms with Crippen molar-refractivity contribution in [2.75, 3.05) is 26.8 Å². The Hall–Kier alpha value is -2.57. The zero-order chi connectivity index (χ0) is 18.4. The van der Waals surface area contributed by atoms with Gasteiger partial charge in [-0.15, -0.1) is 0 Å². The second kappa shape index (κ2) is 8.50. The lowest BCUT2D eigenvalue weighted by molar-refractivity contribution is -0.153. The first-order valence-electron chi connectivity index (χ1n) is 8.24. The van der Waals surface area contributed by atoms with Crippen LogP contribution in [0.5, 0.6) is 5.75 Å². The third kappa shape index (κ3) is 6.45. The van der Waals surface area contributed by atoms with Gasteiger partial charge in [-0.25, -0.2) is 4.79 Å². The maximum atomic E-state index is 11.9. The smallest absolute Gasteiger partial charge is 0.344 e. The molecule has 0 spiro atoms. The molecular weight excluding hydrogens is 324 g/mol. The highest BCUT2D eigenvalue weighted by Crippen LogP contribution is 2.19. The maximum absolute atomic E-state index is 11.9. The fourth-order valence-electron chi connectivity index (χ4n) is 2.10. The fraction of sp³-hybridized carbons (Fsp3) is 0.500. The lowest BCUT2D eigenvalue weighted by atomic mass is 10.1. The predicted octanol–water partition coefficient (Wildman–Crippen LogP) is 0.962. The number of hydrogen-bond donors (Lipinski definition) is 1. The number of esters is 1. The van der Waals surface area contributed by atoms with E-state index in [1.54, 1.807) is 0 Å². The van der Waals surface area contributed by atoms with Crippen LogP contribution in [-0.4, -0.2) is 55.5 Å². The van der Waals surface area contributed by atoms with Crippen LogP contribution in [0.2, 0.25) is 0 Å². The number of carbonyl (C=O) groups excluding carboxylic acids is 3. The molecule has 0 bridgehead atoms. The van der Waals surface area contributed by atoms with Gasteiger partial charge in [-0.1, -0.05) is 12.1 Å². The Labute approximate surface area is 147 Å². The zero-order valence-electron chi connectivity index (χ0n) is 14.8. The number of ether oxygens (including phenoxy) is 2. The van der Waals surface area contributed by atoms with Gasteiger partial charge in [0.15, 0.2) is 13.2 Å². The molecule has 0 atom stereocenters. The Kier molecular flexibility index (Phi) is 6.38. The molecule has 0 aliphatic heterocycles. The Balaban J connectivity index is 1.68. The topological polar surface area (TPSA) is 84.9 Å². The van der Waals surface area contributed by atoms with Crippen molar-refractivity contribution in [2.45, 2.75) is 32.7 Å². The van der Waals surface area contributed by atoms with E-state index >= 15 is 0 Å². The van der Waals surface area contributed by atoms with Crippen LogP contribution >= 0.6 is 0 Å². The van der Waals surface area contributed by atoms with Crippen LogP contribution in [0.4, 0.5) is 0 Å². The van der Waals surface area contributed by atoms with Gasteiger partial charge in [-0.05, 0) is 43.9 Å². The quantitative estimate of drug-likeness (QED) is 0.708. The highest BCUT2D eigenvalue weighted by molar-refractivity contribution is 5.86. The van der Waals surface area contributed by atoms with Gasteiger partial charge in [0, 0.05) is 13.1 Å². The summed E-state index contributed by atoms with van der Waals surface area (Å²) in [4.78, 5) is 36.5. The summed E-state index contributed by atoms with van der Waals surface area (Å²) >= 11 is 0. The van der Waals surface area contributed by atoms with Gasteiger partial charge in [0.05, 0.1) is 6.54 Å². The SMILES string of the molecule is Cc1ccc(C)c(OCC(=O)OCC(=O)N(C)CC(=O)NC2CC2)c1. The van der Waals surface area contributed by atoms with Crippen molar-refractivity contribution >= 4 is 17.8 Å². The summed E-state index contributed by atoms with van der Waals surface area (Å²) in [7, 11) is 1.50. The van der Waals surface area contributed by atoms with Crippen molar-refractivity contribution in [1.29, 1.82) is 0 Å². The highest BCUT2D eigenvalue weighted by atomic mass is 16.6. The standard InChI is InChI=1S/C18H24N2O5/c1-12-4-5-13(2)15(8-12)24-11-18(23)25-10-17(22)20(3)9-16(21)19-14-6-7-14/h4-5,8,14H,6-7,9-11H2,1-3H3,(H,19,21). The van der Waals surface area contributed by atoms with Gasteiger partial charge in [-0.3, -0.25) is 9.59 Å². The lowest BCUT2D eigenvalue weighted by Crippen LogP contribution is -2.40. The molecule has 0 heterocycles. The molecule has 2 rings (SSSR count). The Bertz CT molecular complexity index is 655. The van der Waals surface area contributed by atoms with Crippen LogP contribution in [0, 0.1) is 13.8 Å². The minimum atomic E-state index is -0.634. The van der Waals surface area contributed by atoms with E-state index in [4.69, 9.17) is 9.47 Å². The van der Waals surface area contributed by atoms with E-state index in [1.165, 1.54) is 11.9 Å². The van der Waals surface area contributed by atoms with E-state index < -0.39 is 18.5 Å². The molecule has 0 unspecified atom stereocenters. The minimum Gasteiger partial charge on any atom is -0.482 e. The average molecular weight is 348 g/mol. The van der Waals surface area contributed by atoms with Crippen LogP contribution in [-0.2, 0) is 19.1 Å². The van der Waals surface area contributed by atoms with Crippen LogP contribution < -0.4 is 10.1 Å². The van der Waals surface area contributed by atoms with Gasteiger partial charge in [0.25, 0.3) is 5.91 Å². The highest BCUT2D eigenvalue weighted by Gasteiger charge is 2.24. The van der Waals surface area contributed by atoms with Crippen molar-refractivity contribution in [2.24, 2.45) is 0 Å². The Morgan fingerprint density at radius 3 is 2.60 bits per heavy atom. The van der Waals surface area contributed by atoms with Crippen molar-refractivity contribution in [1.82, 2.24) is 10.2 Å². The lowest BCUT2D eigenvalue weighted by Gasteiger charge is -2.16. The maximum Gasteiger partial charge on any atom is 0.344 e. The molecule has 1 aliphatic rings. The molecule has 1 aliphatic carbocycles. The van der Waals surface area contributed by atoms with E-state index in [0.29, 0.717) is 5.75 Å². The summed E-state index contributed by atoms with van der Waals surface area (Å²) in [6.45, 7) is 3.07. The third-order valence-electron chi connectivity index (χ3n) is 3.79. The number of nitrogens with zero attached hydrogens (tertiary/aromatic N) is 1. The first-order chi connectivity index (χ1) is 11.8. The normalized spacial score (nSPS) is 13.1. The molecule has 7 nitrogen and oxygen atoms in total. The van der Waals surface area contributed by atoms with Crippen LogP contribution in [0.3, 0.4) is 0 Å². The molecule has 136 valence electrons. The van der Waals surface area contributed by atoms with Crippen LogP contribution in [0.25, 0.3) is 0 Å². The summed E-state index contributed by atoms with van der Waals surface area (Å²) in [5.41, 5.74) is 1.94. The minimum absolute atomic E-state index is 0.0497. The summed E-state index contributed by atoms with van der Waals surface area (Å²) < 4.78 is 10.3. The fourth-order valence-corrected chi connectivity index (χ4v) is 2.10. The van der Waals surface area contributed by atoms with E-state index in [9.17, 15) is 14.4 Å². The summed E-state index contributed by atoms with van der Waals surface area (Å²) in [6, 6.07) is 5.94. The molecule has 0 saturated heterocycles. The van der Waals surface area contributed by atoms with Crippen molar-refractivity contribution in [3.63, 3.8) is 0 Å². The molecule has 1 aromatic carbocycles. The number of likely N-dealkylation sites (N-methyl/N-ethyl adjacent to an activating group) is 1. The summed E-state index contributed by atoms with van der Waals surface area (Å²) in [5, 5.41) is 2.79. The van der Waals surface area contributed by atoms with Gasteiger partial charge in [-0.2, -0.15) is 0 Å². The second-order valence-electron chi connectivity index (χ2n) is 6.31. The molecule has 25 heavy (non-hydrogen) atoms. The number of rotatable bonds is 8. The van der Waals surface area contributed by atoms with Crippen LogP contribution in [0.1, 0.15) is 24.0 Å². The van der Waals surface area contributed by atoms with E-state index in [0.717, 1.165) is 24.0 Å². The van der Waals surface area contributed by atoms with Gasteiger partial charge < -0.3 is 19.7 Å². The number of hydrogen-bond acceptors (Lipinski definition) is 5. The monoisotopic (exact) mass is 348 g/mol.